The lowest BCUT2D eigenvalue weighted by molar-refractivity contribution is -0.142. The monoisotopic (exact) mass is 289 g/mol. The smallest absolute Gasteiger partial charge is 0.417 e. The number of carbonyl (C=O) groups is 1. The summed E-state index contributed by atoms with van der Waals surface area (Å²) < 4.78 is 43.4. The van der Waals surface area contributed by atoms with Crippen LogP contribution in [0.2, 0.25) is 0 Å². The van der Waals surface area contributed by atoms with Crippen LogP contribution >= 0.6 is 11.3 Å². The zero-order valence-electron chi connectivity index (χ0n) is 9.82. The molecule has 1 heterocycles. The number of nitrogens with two attached hydrogens (primary N) is 1. The number of ether oxygens (including phenoxy) is 1. The normalized spacial score (nSPS) is 13.5. The number of methoxy groups -OCH3 is 1. The van der Waals surface area contributed by atoms with Crippen LogP contribution in [0.4, 0.5) is 13.2 Å². The average molecular weight is 289 g/mol. The van der Waals surface area contributed by atoms with Crippen molar-refractivity contribution in [3.63, 3.8) is 0 Å². The van der Waals surface area contributed by atoms with Crippen LogP contribution in [0.15, 0.2) is 24.3 Å². The van der Waals surface area contributed by atoms with E-state index in [0.717, 1.165) is 17.4 Å². The van der Waals surface area contributed by atoms with Gasteiger partial charge in [0.2, 0.25) is 0 Å². The van der Waals surface area contributed by atoms with Crippen LogP contribution in [0.25, 0.3) is 10.1 Å². The fourth-order valence-corrected chi connectivity index (χ4v) is 2.80. The number of thiophene rings is 1. The first-order chi connectivity index (χ1) is 8.84. The fraction of sp³-hybridized carbons (Fsp3) is 0.250. The average Bonchev–Trinajstić information content (AvgIpc) is 2.78. The number of rotatable bonds is 2. The van der Waals surface area contributed by atoms with Crippen LogP contribution in [-0.4, -0.2) is 13.1 Å². The molecule has 102 valence electrons. The Kier molecular flexibility index (Phi) is 3.51. The highest BCUT2D eigenvalue weighted by molar-refractivity contribution is 7.19. The molecule has 2 N–H and O–H groups in total. The van der Waals surface area contributed by atoms with Gasteiger partial charge < -0.3 is 10.5 Å². The topological polar surface area (TPSA) is 52.3 Å². The SMILES string of the molecule is COC(=O)C(N)c1cc2c(C(F)(F)F)cccc2s1. The van der Waals surface area contributed by atoms with E-state index in [2.05, 4.69) is 4.74 Å². The Morgan fingerprint density at radius 2 is 2.11 bits per heavy atom. The summed E-state index contributed by atoms with van der Waals surface area (Å²) in [5.41, 5.74) is 4.89. The largest absolute Gasteiger partial charge is 0.468 e. The molecule has 0 aliphatic heterocycles. The summed E-state index contributed by atoms with van der Waals surface area (Å²) in [6, 6.07) is 4.12. The van der Waals surface area contributed by atoms with Gasteiger partial charge in [-0.1, -0.05) is 6.07 Å². The molecule has 7 heteroatoms. The van der Waals surface area contributed by atoms with Crippen LogP contribution in [-0.2, 0) is 15.7 Å². The minimum Gasteiger partial charge on any atom is -0.468 e. The zero-order chi connectivity index (χ0) is 14.2. The van der Waals surface area contributed by atoms with E-state index in [4.69, 9.17) is 5.73 Å². The molecule has 0 amide bonds. The Morgan fingerprint density at radius 3 is 2.68 bits per heavy atom. The van der Waals surface area contributed by atoms with Gasteiger partial charge in [0.15, 0.2) is 0 Å². The van der Waals surface area contributed by atoms with Crippen molar-refractivity contribution in [2.24, 2.45) is 5.73 Å². The quantitative estimate of drug-likeness (QED) is 0.864. The summed E-state index contributed by atoms with van der Waals surface area (Å²) in [6.07, 6.45) is -4.44. The first kappa shape index (κ1) is 13.8. The molecule has 1 aromatic heterocycles. The van der Waals surface area contributed by atoms with Gasteiger partial charge in [-0.3, -0.25) is 0 Å². The van der Waals surface area contributed by atoms with E-state index >= 15 is 0 Å². The van der Waals surface area contributed by atoms with Gasteiger partial charge in [0, 0.05) is 15.0 Å². The summed E-state index contributed by atoms with van der Waals surface area (Å²) in [5.74, 6) is -0.680. The Bertz CT molecular complexity index is 621. The Balaban J connectivity index is 2.55. The highest BCUT2D eigenvalue weighted by atomic mass is 32.1. The minimum absolute atomic E-state index is 0.0503. The van der Waals surface area contributed by atoms with Crippen molar-refractivity contribution in [1.29, 1.82) is 0 Å². The summed E-state index contributed by atoms with van der Waals surface area (Å²) in [7, 11) is 1.18. The Labute approximate surface area is 110 Å². The predicted octanol–water partition coefficient (Wildman–Crippen LogP) is 3.09. The molecule has 0 aliphatic carbocycles. The zero-order valence-corrected chi connectivity index (χ0v) is 10.6. The van der Waals surface area contributed by atoms with Crippen LogP contribution in [0.1, 0.15) is 16.5 Å². The lowest BCUT2D eigenvalue weighted by atomic mass is 10.1. The number of halogens is 3. The molecule has 0 bridgehead atoms. The van der Waals surface area contributed by atoms with Gasteiger partial charge in [0.1, 0.15) is 6.04 Å². The van der Waals surface area contributed by atoms with Crippen molar-refractivity contribution in [3.05, 3.63) is 34.7 Å². The first-order valence-electron chi connectivity index (χ1n) is 5.27. The number of carbonyl (C=O) groups excluding carboxylic acids is 1. The lowest BCUT2D eigenvalue weighted by Crippen LogP contribution is -2.21. The predicted molar refractivity (Wildman–Crippen MR) is 65.8 cm³/mol. The van der Waals surface area contributed by atoms with E-state index < -0.39 is 23.8 Å². The third kappa shape index (κ3) is 2.57. The fourth-order valence-electron chi connectivity index (χ4n) is 1.72. The van der Waals surface area contributed by atoms with E-state index in [-0.39, 0.29) is 5.39 Å². The molecular weight excluding hydrogens is 279 g/mol. The maximum absolute atomic E-state index is 12.8. The molecule has 1 atom stereocenters. The second kappa shape index (κ2) is 4.82. The molecule has 0 saturated carbocycles. The van der Waals surface area contributed by atoms with Crippen molar-refractivity contribution in [2.45, 2.75) is 12.2 Å². The van der Waals surface area contributed by atoms with Gasteiger partial charge in [-0.25, -0.2) is 4.79 Å². The number of fused-ring (bicyclic) bond motifs is 1. The molecule has 0 fully saturated rings. The molecule has 0 saturated heterocycles. The van der Waals surface area contributed by atoms with E-state index in [1.807, 2.05) is 0 Å². The third-order valence-corrected chi connectivity index (χ3v) is 3.83. The summed E-state index contributed by atoms with van der Waals surface area (Å²) in [5, 5.41) is 0.0503. The molecule has 0 aliphatic rings. The maximum Gasteiger partial charge on any atom is 0.417 e. The van der Waals surface area contributed by atoms with Crippen molar-refractivity contribution in [3.8, 4) is 0 Å². The van der Waals surface area contributed by atoms with E-state index in [1.54, 1.807) is 6.07 Å². The van der Waals surface area contributed by atoms with Crippen LogP contribution in [0.3, 0.4) is 0 Å². The van der Waals surface area contributed by atoms with Gasteiger partial charge >= 0.3 is 12.1 Å². The summed E-state index contributed by atoms with van der Waals surface area (Å²) in [6.45, 7) is 0. The van der Waals surface area contributed by atoms with E-state index in [0.29, 0.717) is 9.58 Å². The van der Waals surface area contributed by atoms with Gasteiger partial charge in [0.05, 0.1) is 12.7 Å². The highest BCUT2D eigenvalue weighted by Gasteiger charge is 2.33. The van der Waals surface area contributed by atoms with E-state index in [9.17, 15) is 18.0 Å². The number of benzene rings is 1. The Morgan fingerprint density at radius 1 is 1.42 bits per heavy atom. The Hall–Kier alpha value is -1.60. The molecule has 1 aromatic carbocycles. The first-order valence-corrected chi connectivity index (χ1v) is 6.09. The van der Waals surface area contributed by atoms with Crippen molar-refractivity contribution >= 4 is 27.4 Å². The van der Waals surface area contributed by atoms with Crippen LogP contribution in [0.5, 0.6) is 0 Å². The van der Waals surface area contributed by atoms with Gasteiger partial charge in [-0.05, 0) is 18.2 Å². The van der Waals surface area contributed by atoms with Crippen molar-refractivity contribution < 1.29 is 22.7 Å². The number of esters is 1. The van der Waals surface area contributed by atoms with Crippen LogP contribution in [0, 0.1) is 0 Å². The number of hydrogen-bond acceptors (Lipinski definition) is 4. The number of alkyl halides is 3. The molecular formula is C12H10F3NO2S. The third-order valence-electron chi connectivity index (χ3n) is 2.65. The number of hydrogen-bond donors (Lipinski definition) is 1. The summed E-state index contributed by atoms with van der Waals surface area (Å²) in [4.78, 5) is 11.7. The van der Waals surface area contributed by atoms with Gasteiger partial charge in [-0.2, -0.15) is 13.2 Å². The highest BCUT2D eigenvalue weighted by Crippen LogP contribution is 2.39. The molecule has 0 radical (unpaired) electrons. The minimum atomic E-state index is -4.44. The van der Waals surface area contributed by atoms with E-state index in [1.165, 1.54) is 19.2 Å². The van der Waals surface area contributed by atoms with Gasteiger partial charge in [-0.15, -0.1) is 11.3 Å². The maximum atomic E-state index is 12.8. The molecule has 1 unspecified atom stereocenters. The molecule has 19 heavy (non-hydrogen) atoms. The van der Waals surface area contributed by atoms with Gasteiger partial charge in [0.25, 0.3) is 0 Å². The molecule has 2 rings (SSSR count). The second-order valence-electron chi connectivity index (χ2n) is 3.86. The molecule has 0 spiro atoms. The van der Waals surface area contributed by atoms with Crippen molar-refractivity contribution in [2.75, 3.05) is 7.11 Å². The van der Waals surface area contributed by atoms with Crippen molar-refractivity contribution in [1.82, 2.24) is 0 Å². The lowest BCUT2D eigenvalue weighted by Gasteiger charge is -2.07. The standard InChI is InChI=1S/C12H10F3NO2S/c1-18-11(17)10(16)9-5-6-7(12(13,14)15)3-2-4-8(6)19-9/h2-5,10H,16H2,1H3. The van der Waals surface area contributed by atoms with Crippen LogP contribution < -0.4 is 5.73 Å². The second-order valence-corrected chi connectivity index (χ2v) is 4.98. The molecule has 2 aromatic rings. The summed E-state index contributed by atoms with van der Waals surface area (Å²) >= 11 is 1.05. The molecule has 3 nitrogen and oxygen atoms in total.